The summed E-state index contributed by atoms with van der Waals surface area (Å²) >= 11 is 0. The fourth-order valence-electron chi connectivity index (χ4n) is 3.58. The molecule has 0 radical (unpaired) electrons. The molecular weight excluding hydrogens is 225 g/mol. The Hall–Kier alpha value is -1.05. The molecule has 0 amide bonds. The van der Waals surface area contributed by atoms with Crippen LogP contribution >= 0.6 is 0 Å². The zero-order valence-electron chi connectivity index (χ0n) is 11.3. The number of anilines is 1. The molecule has 1 N–H and O–H groups in total. The van der Waals surface area contributed by atoms with Crippen LogP contribution in [-0.2, 0) is 0 Å². The summed E-state index contributed by atoms with van der Waals surface area (Å²) in [5.74, 6) is 1.15. The molecule has 1 aromatic carbocycles. The van der Waals surface area contributed by atoms with Gasteiger partial charge in [0.25, 0.3) is 0 Å². The van der Waals surface area contributed by atoms with Crippen molar-refractivity contribution in [3.63, 3.8) is 0 Å². The highest BCUT2D eigenvalue weighted by atomic mass is 19.1. The van der Waals surface area contributed by atoms with E-state index in [1.165, 1.54) is 31.2 Å². The normalized spacial score (nSPS) is 26.7. The summed E-state index contributed by atoms with van der Waals surface area (Å²) in [6, 6.07) is 5.18. The molecule has 1 unspecified atom stereocenters. The zero-order chi connectivity index (χ0) is 12.8. The van der Waals surface area contributed by atoms with E-state index < -0.39 is 0 Å². The standard InChI is InChI=1S/C16H22FN/c1-16(2)7-5-11(6-8-16)14-10-18-15-4-3-12(17)9-13(14)15/h3-4,9,11,14,18H,5-8,10H2,1-2H3. The molecule has 1 aliphatic carbocycles. The highest BCUT2D eigenvalue weighted by Gasteiger charge is 2.35. The lowest BCUT2D eigenvalue weighted by Gasteiger charge is -2.37. The second kappa shape index (κ2) is 4.25. The minimum Gasteiger partial charge on any atom is -0.384 e. The van der Waals surface area contributed by atoms with Crippen LogP contribution in [0.25, 0.3) is 0 Å². The molecule has 98 valence electrons. The van der Waals surface area contributed by atoms with Gasteiger partial charge in [0.2, 0.25) is 0 Å². The Labute approximate surface area is 109 Å². The van der Waals surface area contributed by atoms with Gasteiger partial charge in [0.15, 0.2) is 0 Å². The van der Waals surface area contributed by atoms with Gasteiger partial charge in [0.1, 0.15) is 5.82 Å². The summed E-state index contributed by atoms with van der Waals surface area (Å²) in [7, 11) is 0. The highest BCUT2D eigenvalue weighted by molar-refractivity contribution is 5.58. The van der Waals surface area contributed by atoms with Crippen molar-refractivity contribution < 1.29 is 4.39 Å². The van der Waals surface area contributed by atoms with Crippen LogP contribution < -0.4 is 5.32 Å². The molecule has 0 spiro atoms. The zero-order valence-corrected chi connectivity index (χ0v) is 11.3. The highest BCUT2D eigenvalue weighted by Crippen LogP contribution is 2.46. The first-order valence-corrected chi connectivity index (χ1v) is 7.08. The van der Waals surface area contributed by atoms with Gasteiger partial charge < -0.3 is 5.32 Å². The lowest BCUT2D eigenvalue weighted by atomic mass is 9.68. The van der Waals surface area contributed by atoms with Crippen molar-refractivity contribution in [2.75, 3.05) is 11.9 Å². The summed E-state index contributed by atoms with van der Waals surface area (Å²) in [5, 5.41) is 3.43. The number of hydrogen-bond donors (Lipinski definition) is 1. The Bertz CT molecular complexity index is 442. The molecule has 0 aromatic heterocycles. The van der Waals surface area contributed by atoms with Crippen LogP contribution in [-0.4, -0.2) is 6.54 Å². The van der Waals surface area contributed by atoms with Gasteiger partial charge in [-0.25, -0.2) is 4.39 Å². The molecule has 0 bridgehead atoms. The molecule has 2 aliphatic rings. The van der Waals surface area contributed by atoms with Crippen molar-refractivity contribution in [1.29, 1.82) is 0 Å². The van der Waals surface area contributed by atoms with Crippen molar-refractivity contribution >= 4 is 5.69 Å². The molecule has 1 aliphatic heterocycles. The fourth-order valence-corrected chi connectivity index (χ4v) is 3.58. The number of hydrogen-bond acceptors (Lipinski definition) is 1. The fraction of sp³-hybridized carbons (Fsp3) is 0.625. The average Bonchev–Trinajstić information content (AvgIpc) is 2.72. The van der Waals surface area contributed by atoms with Gasteiger partial charge in [-0.2, -0.15) is 0 Å². The van der Waals surface area contributed by atoms with Crippen LogP contribution in [0.1, 0.15) is 51.0 Å². The number of halogens is 1. The molecule has 1 fully saturated rings. The van der Waals surface area contributed by atoms with Gasteiger partial charge in [0.05, 0.1) is 0 Å². The minimum absolute atomic E-state index is 0.0985. The summed E-state index contributed by atoms with van der Waals surface area (Å²) in [6.07, 6.45) is 5.18. The lowest BCUT2D eigenvalue weighted by Crippen LogP contribution is -2.26. The SMILES string of the molecule is CC1(C)CCC(C2CNc3ccc(F)cc32)CC1. The van der Waals surface area contributed by atoms with E-state index in [0.29, 0.717) is 11.3 Å². The van der Waals surface area contributed by atoms with E-state index >= 15 is 0 Å². The van der Waals surface area contributed by atoms with Crippen LogP contribution in [0.4, 0.5) is 10.1 Å². The largest absolute Gasteiger partial charge is 0.384 e. The van der Waals surface area contributed by atoms with Gasteiger partial charge in [-0.15, -0.1) is 0 Å². The summed E-state index contributed by atoms with van der Waals surface area (Å²) in [4.78, 5) is 0. The van der Waals surface area contributed by atoms with E-state index in [0.717, 1.165) is 18.2 Å². The molecular formula is C16H22FN. The van der Waals surface area contributed by atoms with Gasteiger partial charge >= 0.3 is 0 Å². The summed E-state index contributed by atoms with van der Waals surface area (Å²) < 4.78 is 13.4. The molecule has 0 saturated heterocycles. The molecule has 18 heavy (non-hydrogen) atoms. The quantitative estimate of drug-likeness (QED) is 0.767. The Kier molecular flexibility index (Phi) is 2.84. The van der Waals surface area contributed by atoms with Gasteiger partial charge in [-0.1, -0.05) is 13.8 Å². The smallest absolute Gasteiger partial charge is 0.123 e. The molecule has 1 aromatic rings. The van der Waals surface area contributed by atoms with Gasteiger partial charge in [-0.05, 0) is 60.8 Å². The molecule has 1 heterocycles. The van der Waals surface area contributed by atoms with Gasteiger partial charge in [-0.3, -0.25) is 0 Å². The molecule has 1 saturated carbocycles. The third-order valence-corrected chi connectivity index (χ3v) is 4.88. The predicted octanol–water partition coefficient (Wildman–Crippen LogP) is 4.55. The maximum absolute atomic E-state index is 13.4. The van der Waals surface area contributed by atoms with E-state index in [1.807, 2.05) is 6.07 Å². The van der Waals surface area contributed by atoms with Crippen molar-refractivity contribution in [2.24, 2.45) is 11.3 Å². The third kappa shape index (κ3) is 2.13. The van der Waals surface area contributed by atoms with Gasteiger partial charge in [0, 0.05) is 18.2 Å². The van der Waals surface area contributed by atoms with Crippen molar-refractivity contribution in [3.05, 3.63) is 29.6 Å². The van der Waals surface area contributed by atoms with Crippen LogP contribution in [0.3, 0.4) is 0 Å². The molecule has 1 nitrogen and oxygen atoms in total. The molecule has 1 atom stereocenters. The van der Waals surface area contributed by atoms with Crippen LogP contribution in [0.5, 0.6) is 0 Å². The van der Waals surface area contributed by atoms with E-state index in [2.05, 4.69) is 19.2 Å². The first-order valence-electron chi connectivity index (χ1n) is 7.08. The number of nitrogens with one attached hydrogen (secondary N) is 1. The van der Waals surface area contributed by atoms with Crippen molar-refractivity contribution in [1.82, 2.24) is 0 Å². The van der Waals surface area contributed by atoms with Crippen LogP contribution in [0, 0.1) is 17.2 Å². The number of benzene rings is 1. The second-order valence-corrected chi connectivity index (χ2v) is 6.72. The van der Waals surface area contributed by atoms with E-state index in [4.69, 9.17) is 0 Å². The first kappa shape index (κ1) is 12.0. The van der Waals surface area contributed by atoms with E-state index in [9.17, 15) is 4.39 Å². The maximum atomic E-state index is 13.4. The Balaban J connectivity index is 1.78. The maximum Gasteiger partial charge on any atom is 0.123 e. The van der Waals surface area contributed by atoms with E-state index in [1.54, 1.807) is 12.1 Å². The summed E-state index contributed by atoms with van der Waals surface area (Å²) in [5.41, 5.74) is 2.86. The van der Waals surface area contributed by atoms with Crippen LogP contribution in [0.15, 0.2) is 18.2 Å². The topological polar surface area (TPSA) is 12.0 Å². The van der Waals surface area contributed by atoms with E-state index in [-0.39, 0.29) is 5.82 Å². The van der Waals surface area contributed by atoms with Crippen molar-refractivity contribution in [2.45, 2.75) is 45.4 Å². The Morgan fingerprint density at radius 2 is 1.94 bits per heavy atom. The monoisotopic (exact) mass is 247 g/mol. The predicted molar refractivity (Wildman–Crippen MR) is 73.4 cm³/mol. The van der Waals surface area contributed by atoms with Crippen molar-refractivity contribution in [3.8, 4) is 0 Å². The minimum atomic E-state index is -0.0985. The molecule has 2 heteroatoms. The third-order valence-electron chi connectivity index (χ3n) is 4.88. The summed E-state index contributed by atoms with van der Waals surface area (Å²) in [6.45, 7) is 5.72. The first-order chi connectivity index (χ1) is 8.55. The molecule has 3 rings (SSSR count). The second-order valence-electron chi connectivity index (χ2n) is 6.72. The number of rotatable bonds is 1. The lowest BCUT2D eigenvalue weighted by molar-refractivity contribution is 0.176. The van der Waals surface area contributed by atoms with Crippen LogP contribution in [0.2, 0.25) is 0 Å². The Morgan fingerprint density at radius 3 is 2.67 bits per heavy atom. The average molecular weight is 247 g/mol. The number of fused-ring (bicyclic) bond motifs is 1. The Morgan fingerprint density at radius 1 is 1.22 bits per heavy atom.